The Morgan fingerprint density at radius 2 is 2.25 bits per heavy atom. The highest BCUT2D eigenvalue weighted by Crippen LogP contribution is 2.26. The van der Waals surface area contributed by atoms with E-state index in [1.54, 1.807) is 24.2 Å². The lowest BCUT2D eigenvalue weighted by molar-refractivity contribution is -0.120. The van der Waals surface area contributed by atoms with Crippen molar-refractivity contribution in [3.63, 3.8) is 0 Å². The monoisotopic (exact) mass is 309 g/mol. The Bertz CT molecular complexity index is 545. The molecule has 20 heavy (non-hydrogen) atoms. The number of amides is 1. The van der Waals surface area contributed by atoms with Crippen LogP contribution in [-0.2, 0) is 11.2 Å². The molecule has 1 heterocycles. The molecule has 0 saturated carbocycles. The minimum atomic E-state index is 0.0520. The van der Waals surface area contributed by atoms with Gasteiger partial charge in [0.2, 0.25) is 5.91 Å². The topological polar surface area (TPSA) is 57.8 Å². The van der Waals surface area contributed by atoms with Crippen molar-refractivity contribution in [3.05, 3.63) is 47.5 Å². The molecule has 0 bridgehead atoms. The van der Waals surface area contributed by atoms with E-state index >= 15 is 0 Å². The summed E-state index contributed by atoms with van der Waals surface area (Å²) in [6.45, 7) is 0.600. The number of thioether (sulfide) groups is 1. The van der Waals surface area contributed by atoms with E-state index in [2.05, 4.69) is 15.3 Å². The average Bonchev–Trinajstić information content (AvgIpc) is 2.94. The van der Waals surface area contributed by atoms with Crippen molar-refractivity contribution >= 4 is 29.3 Å². The number of nitrogens with one attached hydrogen (secondary N) is 2. The summed E-state index contributed by atoms with van der Waals surface area (Å²) in [6.07, 6.45) is 4.68. The first-order valence-corrected chi connectivity index (χ1v) is 7.74. The van der Waals surface area contributed by atoms with Gasteiger partial charge in [-0.1, -0.05) is 23.7 Å². The van der Waals surface area contributed by atoms with E-state index in [1.165, 1.54) is 0 Å². The van der Waals surface area contributed by atoms with Crippen LogP contribution >= 0.6 is 23.4 Å². The molecule has 0 unspecified atom stereocenters. The lowest BCUT2D eigenvalue weighted by Gasteiger charge is -2.05. The van der Waals surface area contributed by atoms with Crippen LogP contribution in [0.3, 0.4) is 0 Å². The largest absolute Gasteiger partial charge is 0.356 e. The lowest BCUT2D eigenvalue weighted by Crippen LogP contribution is -2.26. The number of rotatable bonds is 7. The fourth-order valence-electron chi connectivity index (χ4n) is 1.66. The summed E-state index contributed by atoms with van der Waals surface area (Å²) in [5.74, 6) is 1.66. The van der Waals surface area contributed by atoms with Gasteiger partial charge in [0.1, 0.15) is 5.82 Å². The number of hydrogen-bond acceptors (Lipinski definition) is 3. The molecule has 2 aromatic rings. The van der Waals surface area contributed by atoms with Gasteiger partial charge in [-0.25, -0.2) is 4.98 Å². The normalized spacial score (nSPS) is 10.4. The highest BCUT2D eigenvalue weighted by Gasteiger charge is 2.04. The number of carbonyl (C=O) groups is 1. The van der Waals surface area contributed by atoms with E-state index in [4.69, 9.17) is 11.6 Å². The maximum Gasteiger partial charge on any atom is 0.220 e. The zero-order valence-corrected chi connectivity index (χ0v) is 12.5. The third kappa shape index (κ3) is 4.90. The Kier molecular flexibility index (Phi) is 5.95. The summed E-state index contributed by atoms with van der Waals surface area (Å²) in [5, 5.41) is 3.61. The summed E-state index contributed by atoms with van der Waals surface area (Å²) in [5.41, 5.74) is 0. The van der Waals surface area contributed by atoms with Gasteiger partial charge in [0, 0.05) is 42.4 Å². The number of hydrogen-bond donors (Lipinski definition) is 2. The molecule has 2 rings (SSSR count). The number of aromatic nitrogens is 2. The number of halogens is 1. The van der Waals surface area contributed by atoms with Gasteiger partial charge in [-0.3, -0.25) is 4.79 Å². The number of H-pyrrole nitrogens is 1. The molecule has 1 amide bonds. The Labute approximate surface area is 127 Å². The molecule has 0 aliphatic carbocycles. The van der Waals surface area contributed by atoms with Crippen LogP contribution in [0.25, 0.3) is 0 Å². The van der Waals surface area contributed by atoms with Gasteiger partial charge in [0.05, 0.1) is 5.02 Å². The van der Waals surface area contributed by atoms with Crippen LogP contribution in [0.4, 0.5) is 0 Å². The van der Waals surface area contributed by atoms with Crippen LogP contribution in [0.5, 0.6) is 0 Å². The molecule has 0 radical (unpaired) electrons. The molecule has 0 atom stereocenters. The maximum atomic E-state index is 11.7. The predicted octanol–water partition coefficient (Wildman–Crippen LogP) is 2.90. The van der Waals surface area contributed by atoms with E-state index < -0.39 is 0 Å². The van der Waals surface area contributed by atoms with E-state index in [-0.39, 0.29) is 5.91 Å². The smallest absolute Gasteiger partial charge is 0.220 e. The van der Waals surface area contributed by atoms with Crippen molar-refractivity contribution in [2.75, 3.05) is 12.3 Å². The molecule has 4 nitrogen and oxygen atoms in total. The molecular formula is C14H16ClN3OS. The maximum absolute atomic E-state index is 11.7. The van der Waals surface area contributed by atoms with Crippen molar-refractivity contribution in [2.24, 2.45) is 0 Å². The first-order chi connectivity index (χ1) is 9.75. The lowest BCUT2D eigenvalue weighted by atomic mass is 10.4. The minimum absolute atomic E-state index is 0.0520. The molecule has 0 spiro atoms. The second kappa shape index (κ2) is 7.97. The van der Waals surface area contributed by atoms with Gasteiger partial charge < -0.3 is 10.3 Å². The SMILES string of the molecule is O=C(CCSc1ccccc1Cl)NCCc1ncc[nH]1. The fourth-order valence-corrected chi connectivity index (χ4v) is 2.85. The molecule has 1 aromatic carbocycles. The summed E-state index contributed by atoms with van der Waals surface area (Å²) in [6, 6.07) is 7.65. The Hall–Kier alpha value is -1.46. The summed E-state index contributed by atoms with van der Waals surface area (Å²) < 4.78 is 0. The van der Waals surface area contributed by atoms with Crippen LogP contribution in [0.1, 0.15) is 12.2 Å². The average molecular weight is 310 g/mol. The molecule has 0 fully saturated rings. The van der Waals surface area contributed by atoms with Gasteiger partial charge in [-0.2, -0.15) is 0 Å². The minimum Gasteiger partial charge on any atom is -0.356 e. The molecule has 2 N–H and O–H groups in total. The van der Waals surface area contributed by atoms with Crippen molar-refractivity contribution < 1.29 is 4.79 Å². The van der Waals surface area contributed by atoms with E-state index in [0.29, 0.717) is 13.0 Å². The van der Waals surface area contributed by atoms with E-state index in [1.807, 2.05) is 24.3 Å². The second-order valence-corrected chi connectivity index (χ2v) is 5.71. The number of benzene rings is 1. The van der Waals surface area contributed by atoms with E-state index in [9.17, 15) is 4.79 Å². The molecule has 0 aliphatic rings. The van der Waals surface area contributed by atoms with Crippen LogP contribution in [0.2, 0.25) is 5.02 Å². The van der Waals surface area contributed by atoms with Gasteiger partial charge in [-0.15, -0.1) is 11.8 Å². The number of aromatic amines is 1. The molecule has 0 aliphatic heterocycles. The van der Waals surface area contributed by atoms with Crippen molar-refractivity contribution in [1.82, 2.24) is 15.3 Å². The van der Waals surface area contributed by atoms with Crippen LogP contribution in [-0.4, -0.2) is 28.2 Å². The first kappa shape index (κ1) is 14.9. The highest BCUT2D eigenvalue weighted by atomic mass is 35.5. The molecule has 6 heteroatoms. The molecular weight excluding hydrogens is 294 g/mol. The third-order valence-electron chi connectivity index (χ3n) is 2.66. The first-order valence-electron chi connectivity index (χ1n) is 6.38. The fraction of sp³-hybridized carbons (Fsp3) is 0.286. The van der Waals surface area contributed by atoms with Crippen molar-refractivity contribution in [3.8, 4) is 0 Å². The Balaban J connectivity index is 1.62. The number of carbonyl (C=O) groups excluding carboxylic acids is 1. The van der Waals surface area contributed by atoms with Crippen LogP contribution in [0, 0.1) is 0 Å². The Morgan fingerprint density at radius 1 is 1.40 bits per heavy atom. The zero-order chi connectivity index (χ0) is 14.2. The van der Waals surface area contributed by atoms with Gasteiger partial charge in [0.25, 0.3) is 0 Å². The van der Waals surface area contributed by atoms with Crippen molar-refractivity contribution in [1.29, 1.82) is 0 Å². The third-order valence-corrected chi connectivity index (χ3v) is 4.18. The quantitative estimate of drug-likeness (QED) is 0.773. The predicted molar refractivity (Wildman–Crippen MR) is 82.1 cm³/mol. The van der Waals surface area contributed by atoms with Gasteiger partial charge >= 0.3 is 0 Å². The summed E-state index contributed by atoms with van der Waals surface area (Å²) >= 11 is 7.64. The number of imidazole rings is 1. The second-order valence-electron chi connectivity index (χ2n) is 4.16. The number of nitrogens with zero attached hydrogens (tertiary/aromatic N) is 1. The van der Waals surface area contributed by atoms with Crippen LogP contribution in [0.15, 0.2) is 41.6 Å². The Morgan fingerprint density at radius 3 is 3.00 bits per heavy atom. The standard InChI is InChI=1S/C14H16ClN3OS/c15-11-3-1-2-4-12(11)20-10-6-14(19)18-7-5-13-16-8-9-17-13/h1-4,8-9H,5-7,10H2,(H,16,17)(H,18,19). The molecule has 1 aromatic heterocycles. The van der Waals surface area contributed by atoms with Gasteiger partial charge in [0.15, 0.2) is 0 Å². The van der Waals surface area contributed by atoms with Crippen molar-refractivity contribution in [2.45, 2.75) is 17.7 Å². The van der Waals surface area contributed by atoms with Gasteiger partial charge in [-0.05, 0) is 12.1 Å². The van der Waals surface area contributed by atoms with Crippen LogP contribution < -0.4 is 5.32 Å². The highest BCUT2D eigenvalue weighted by molar-refractivity contribution is 7.99. The summed E-state index contributed by atoms with van der Waals surface area (Å²) in [7, 11) is 0. The molecule has 0 saturated heterocycles. The summed E-state index contributed by atoms with van der Waals surface area (Å²) in [4.78, 5) is 19.8. The zero-order valence-electron chi connectivity index (χ0n) is 10.9. The molecule has 106 valence electrons. The van der Waals surface area contributed by atoms with E-state index in [0.717, 1.165) is 27.9 Å².